The van der Waals surface area contributed by atoms with E-state index in [1.165, 1.54) is 47.3 Å². The highest BCUT2D eigenvalue weighted by Crippen LogP contribution is 2.18. The van der Waals surface area contributed by atoms with Gasteiger partial charge < -0.3 is 14.5 Å². The monoisotopic (exact) mass is 497 g/mol. The molecule has 0 spiro atoms. The first-order valence-corrected chi connectivity index (χ1v) is 11.2. The van der Waals surface area contributed by atoms with E-state index in [1.54, 1.807) is 32.9 Å². The van der Waals surface area contributed by atoms with Crippen molar-refractivity contribution in [3.63, 3.8) is 0 Å². The second-order valence-corrected chi connectivity index (χ2v) is 8.60. The lowest BCUT2D eigenvalue weighted by Crippen LogP contribution is -2.28. The molecule has 36 heavy (non-hydrogen) atoms. The van der Waals surface area contributed by atoms with E-state index in [2.05, 4.69) is 5.32 Å². The Morgan fingerprint density at radius 3 is 2.11 bits per heavy atom. The van der Waals surface area contributed by atoms with Crippen molar-refractivity contribution in [2.45, 2.75) is 33.9 Å². The molecule has 0 aliphatic rings. The first-order chi connectivity index (χ1) is 17.1. The summed E-state index contributed by atoms with van der Waals surface area (Å²) in [5, 5.41) is 2.58. The van der Waals surface area contributed by atoms with Crippen LogP contribution < -0.4 is 16.4 Å². The van der Waals surface area contributed by atoms with Crippen LogP contribution in [0, 0.1) is 11.6 Å². The summed E-state index contributed by atoms with van der Waals surface area (Å²) in [4.78, 5) is 36.7. The molecule has 3 aromatic rings. The molecule has 1 aromatic carbocycles. The van der Waals surface area contributed by atoms with E-state index in [0.717, 1.165) is 16.2 Å². The molecule has 0 bridgehead atoms. The Morgan fingerprint density at radius 1 is 0.889 bits per heavy atom. The zero-order valence-electron chi connectivity index (χ0n) is 20.1. The molecule has 0 aliphatic heterocycles. The summed E-state index contributed by atoms with van der Waals surface area (Å²) in [5.74, 6) is -3.26. The average molecular weight is 498 g/mol. The molecule has 0 saturated carbocycles. The zero-order valence-corrected chi connectivity index (χ0v) is 20.1. The largest absolute Gasteiger partial charge is 0.348 e. The van der Waals surface area contributed by atoms with Gasteiger partial charge in [-0.05, 0) is 44.6 Å². The summed E-state index contributed by atoms with van der Waals surface area (Å²) in [7, 11) is 0. The lowest BCUT2D eigenvalue weighted by molar-refractivity contribution is 0.0956. The molecule has 0 saturated heterocycles. The maximum atomic E-state index is 14.8. The molecule has 6 nitrogen and oxygen atoms in total. The number of aromatic nitrogens is 2. The zero-order chi connectivity index (χ0) is 26.4. The van der Waals surface area contributed by atoms with Crippen molar-refractivity contribution in [3.05, 3.63) is 127 Å². The van der Waals surface area contributed by atoms with Gasteiger partial charge in [-0.1, -0.05) is 23.8 Å². The Morgan fingerprint density at radius 2 is 1.50 bits per heavy atom. The topological polar surface area (TPSA) is 73.1 Å². The molecule has 0 aliphatic carbocycles. The fourth-order valence-corrected chi connectivity index (χ4v) is 3.40. The number of amides is 1. The van der Waals surface area contributed by atoms with Crippen LogP contribution in [-0.2, 0) is 13.1 Å². The maximum Gasteiger partial charge on any atom is 0.253 e. The third kappa shape index (κ3) is 6.50. The van der Waals surface area contributed by atoms with Gasteiger partial charge in [0.15, 0.2) is 11.6 Å². The number of carbonyl (C=O) groups excluding carboxylic acids is 1. The normalized spacial score (nSPS) is 11.6. The van der Waals surface area contributed by atoms with Crippen LogP contribution in [0.2, 0.25) is 0 Å². The fourth-order valence-electron chi connectivity index (χ4n) is 3.40. The number of allylic oxidation sites excluding steroid dienone is 3. The average Bonchev–Trinajstić information content (AvgIpc) is 2.84. The highest BCUT2D eigenvalue weighted by Gasteiger charge is 2.16. The molecule has 0 unspecified atom stereocenters. The lowest BCUT2D eigenvalue weighted by atomic mass is 10.1. The smallest absolute Gasteiger partial charge is 0.253 e. The highest BCUT2D eigenvalue weighted by molar-refractivity contribution is 5.94. The number of pyridine rings is 2. The van der Waals surface area contributed by atoms with E-state index >= 15 is 0 Å². The molecule has 3 rings (SSSR count). The molecule has 0 fully saturated rings. The molecule has 188 valence electrons. The van der Waals surface area contributed by atoms with Crippen molar-refractivity contribution in [1.82, 2.24) is 14.5 Å². The number of carbonyl (C=O) groups is 1. The van der Waals surface area contributed by atoms with Crippen LogP contribution >= 0.6 is 0 Å². The fraction of sp³-hybridized carbons (Fsp3) is 0.222. The van der Waals surface area contributed by atoms with Crippen LogP contribution in [0.1, 0.15) is 42.3 Å². The second-order valence-electron chi connectivity index (χ2n) is 8.60. The van der Waals surface area contributed by atoms with E-state index in [0.29, 0.717) is 5.57 Å². The van der Waals surface area contributed by atoms with Gasteiger partial charge in [0.05, 0.1) is 18.7 Å². The van der Waals surface area contributed by atoms with E-state index in [4.69, 9.17) is 0 Å². The van der Waals surface area contributed by atoms with Crippen molar-refractivity contribution < 1.29 is 18.0 Å². The van der Waals surface area contributed by atoms with Crippen molar-refractivity contribution in [3.8, 4) is 0 Å². The van der Waals surface area contributed by atoms with Crippen LogP contribution in [0.4, 0.5) is 13.2 Å². The number of rotatable bonds is 8. The lowest BCUT2D eigenvalue weighted by Gasteiger charge is -2.12. The van der Waals surface area contributed by atoms with Crippen molar-refractivity contribution >= 4 is 5.91 Å². The summed E-state index contributed by atoms with van der Waals surface area (Å²) in [6, 6.07) is 9.60. The Kier molecular flexibility index (Phi) is 8.47. The van der Waals surface area contributed by atoms with E-state index in [-0.39, 0.29) is 41.9 Å². The summed E-state index contributed by atoms with van der Waals surface area (Å²) in [6.45, 7) is 4.54. The highest BCUT2D eigenvalue weighted by atomic mass is 19.2. The van der Waals surface area contributed by atoms with E-state index in [1.807, 2.05) is 0 Å². The van der Waals surface area contributed by atoms with Crippen LogP contribution in [0.25, 0.3) is 0 Å². The van der Waals surface area contributed by atoms with Gasteiger partial charge in [-0.2, -0.15) is 0 Å². The Hall–Kier alpha value is -4.14. The number of nitrogens with one attached hydrogen (secondary N) is 1. The maximum absolute atomic E-state index is 14.8. The van der Waals surface area contributed by atoms with Crippen molar-refractivity contribution in [1.29, 1.82) is 0 Å². The Labute approximate surface area is 206 Å². The first-order valence-electron chi connectivity index (χ1n) is 11.2. The van der Waals surface area contributed by atoms with E-state index < -0.39 is 28.9 Å². The summed E-state index contributed by atoms with van der Waals surface area (Å²) < 4.78 is 45.9. The minimum atomic E-state index is -1.14. The van der Waals surface area contributed by atoms with Gasteiger partial charge in [0.25, 0.3) is 17.0 Å². The van der Waals surface area contributed by atoms with Crippen molar-refractivity contribution in [2.75, 3.05) is 6.54 Å². The standard InChI is InChI=1S/C27H26F3N3O3/c1-17(2)12-22(28)18(3)13-31-27(36)21-9-10-24(35)33(16-21)15-20-8-7-19(25(29)26(20)30)14-32-11-5-4-6-23(32)34/h4-12,16H,13-15H2,1-3H3,(H,31,36)/b22-18-. The predicted octanol–water partition coefficient (Wildman–Crippen LogP) is 4.32. The molecule has 0 atom stereocenters. The quantitative estimate of drug-likeness (QED) is 0.471. The molecule has 2 heterocycles. The van der Waals surface area contributed by atoms with Gasteiger partial charge in [-0.15, -0.1) is 0 Å². The van der Waals surface area contributed by atoms with Gasteiger partial charge in [0.1, 0.15) is 5.83 Å². The van der Waals surface area contributed by atoms with E-state index in [9.17, 15) is 27.6 Å². The Bertz CT molecular complexity index is 1460. The number of hydrogen-bond donors (Lipinski definition) is 1. The van der Waals surface area contributed by atoms with Crippen LogP contribution in [0.3, 0.4) is 0 Å². The van der Waals surface area contributed by atoms with Gasteiger partial charge in [-0.3, -0.25) is 14.4 Å². The Balaban J connectivity index is 1.79. The summed E-state index contributed by atoms with van der Waals surface area (Å²) >= 11 is 0. The predicted molar refractivity (Wildman–Crippen MR) is 132 cm³/mol. The summed E-state index contributed by atoms with van der Waals surface area (Å²) in [6.07, 6.45) is 4.06. The van der Waals surface area contributed by atoms with Crippen molar-refractivity contribution in [2.24, 2.45) is 0 Å². The number of benzene rings is 1. The SMILES string of the molecule is CC(C)=C/C(F)=C(\C)CNC(=O)c1ccc(=O)n(Cc2ccc(Cn3ccccc3=O)c(F)c2F)c1. The van der Waals surface area contributed by atoms with Crippen LogP contribution in [-0.4, -0.2) is 21.6 Å². The van der Waals surface area contributed by atoms with Gasteiger partial charge in [0.2, 0.25) is 0 Å². The third-order valence-electron chi connectivity index (χ3n) is 5.41. The first kappa shape index (κ1) is 26.5. The second kappa shape index (κ2) is 11.5. The minimum absolute atomic E-state index is 0.0196. The molecule has 2 aromatic heterocycles. The van der Waals surface area contributed by atoms with Crippen LogP contribution in [0.5, 0.6) is 0 Å². The van der Waals surface area contributed by atoms with Gasteiger partial charge >= 0.3 is 0 Å². The minimum Gasteiger partial charge on any atom is -0.348 e. The molecular weight excluding hydrogens is 471 g/mol. The molecular formula is C27H26F3N3O3. The number of halogens is 3. The molecule has 1 amide bonds. The molecule has 9 heteroatoms. The number of hydrogen-bond acceptors (Lipinski definition) is 3. The van der Waals surface area contributed by atoms with Crippen LogP contribution in [0.15, 0.2) is 87.5 Å². The molecule has 0 radical (unpaired) electrons. The third-order valence-corrected chi connectivity index (χ3v) is 5.41. The van der Waals surface area contributed by atoms with Gasteiger partial charge in [-0.25, -0.2) is 13.2 Å². The molecule has 1 N–H and O–H groups in total. The summed E-state index contributed by atoms with van der Waals surface area (Å²) in [5.41, 5.74) is 0.216. The number of nitrogens with zero attached hydrogens (tertiary/aromatic N) is 2. The van der Waals surface area contributed by atoms with Gasteiger partial charge in [0, 0.05) is 42.2 Å².